The number of aliphatic carboxylic acids is 1. The summed E-state index contributed by atoms with van der Waals surface area (Å²) in [5.41, 5.74) is -0.137. The number of hydrogen-bond donors (Lipinski definition) is 2. The Morgan fingerprint density at radius 2 is 1.57 bits per heavy atom. The molecule has 0 saturated heterocycles. The minimum Gasteiger partial charge on any atom is -0.481 e. The van der Waals surface area contributed by atoms with E-state index in [1.807, 2.05) is 13.8 Å². The second-order valence-corrected chi connectivity index (χ2v) is 7.56. The minimum atomic E-state index is -0.652. The van der Waals surface area contributed by atoms with E-state index >= 15 is 0 Å². The van der Waals surface area contributed by atoms with Gasteiger partial charge >= 0.3 is 5.97 Å². The molecule has 1 rings (SSSR count). The van der Waals surface area contributed by atoms with Crippen molar-refractivity contribution in [2.75, 3.05) is 6.54 Å². The van der Waals surface area contributed by atoms with Gasteiger partial charge < -0.3 is 10.4 Å². The van der Waals surface area contributed by atoms with Crippen LogP contribution >= 0.6 is 0 Å². The van der Waals surface area contributed by atoms with Crippen LogP contribution in [0.25, 0.3) is 0 Å². The lowest BCUT2D eigenvalue weighted by molar-refractivity contribution is -0.149. The predicted octanol–water partition coefficient (Wildman–Crippen LogP) is 4.46. The Kier molecular flexibility index (Phi) is 6.71. The third-order valence-corrected chi connectivity index (χ3v) is 6.28. The molecule has 0 heterocycles. The summed E-state index contributed by atoms with van der Waals surface area (Å²) < 4.78 is 0. The van der Waals surface area contributed by atoms with Gasteiger partial charge in [0.2, 0.25) is 0 Å². The first-order chi connectivity index (χ1) is 9.81. The molecule has 3 heteroatoms. The summed E-state index contributed by atoms with van der Waals surface area (Å²) >= 11 is 0. The van der Waals surface area contributed by atoms with E-state index in [1.54, 1.807) is 0 Å². The molecule has 3 nitrogen and oxygen atoms in total. The molecule has 1 aliphatic carbocycles. The molecule has 0 atom stereocenters. The smallest absolute Gasteiger partial charge is 0.310 e. The normalized spacial score (nSPS) is 24.0. The molecule has 1 saturated carbocycles. The summed E-state index contributed by atoms with van der Waals surface area (Å²) in [4.78, 5) is 11.5. The zero-order valence-corrected chi connectivity index (χ0v) is 14.7. The SMILES string of the molecule is CCC(CC)(CNC1CCC(C(C)(C)CC)CC1)C(=O)O. The topological polar surface area (TPSA) is 49.3 Å². The molecule has 0 aromatic carbocycles. The van der Waals surface area contributed by atoms with E-state index in [1.165, 1.54) is 32.1 Å². The number of hydrogen-bond acceptors (Lipinski definition) is 2. The summed E-state index contributed by atoms with van der Waals surface area (Å²) in [6.07, 6.45) is 7.57. The monoisotopic (exact) mass is 297 g/mol. The van der Waals surface area contributed by atoms with Crippen molar-refractivity contribution in [3.05, 3.63) is 0 Å². The summed E-state index contributed by atoms with van der Waals surface area (Å²) in [6.45, 7) is 11.6. The van der Waals surface area contributed by atoms with Crippen molar-refractivity contribution in [3.8, 4) is 0 Å². The van der Waals surface area contributed by atoms with Crippen molar-refractivity contribution in [2.45, 2.75) is 85.6 Å². The molecule has 2 N–H and O–H groups in total. The largest absolute Gasteiger partial charge is 0.481 e. The summed E-state index contributed by atoms with van der Waals surface area (Å²) in [5.74, 6) is 0.169. The van der Waals surface area contributed by atoms with Crippen LogP contribution in [-0.4, -0.2) is 23.7 Å². The highest BCUT2D eigenvalue weighted by Crippen LogP contribution is 2.40. The average molecular weight is 297 g/mol. The first-order valence-corrected chi connectivity index (χ1v) is 8.78. The van der Waals surface area contributed by atoms with Crippen molar-refractivity contribution in [1.82, 2.24) is 5.32 Å². The van der Waals surface area contributed by atoms with Gasteiger partial charge in [-0.05, 0) is 49.9 Å². The van der Waals surface area contributed by atoms with Gasteiger partial charge in [-0.2, -0.15) is 0 Å². The molecule has 21 heavy (non-hydrogen) atoms. The Morgan fingerprint density at radius 3 is 1.95 bits per heavy atom. The molecule has 1 aliphatic rings. The summed E-state index contributed by atoms with van der Waals surface area (Å²) in [5, 5.41) is 13.0. The van der Waals surface area contributed by atoms with Gasteiger partial charge in [0.1, 0.15) is 0 Å². The van der Waals surface area contributed by atoms with Crippen LogP contribution in [0.1, 0.15) is 79.6 Å². The maximum absolute atomic E-state index is 11.5. The number of nitrogens with one attached hydrogen (secondary N) is 1. The van der Waals surface area contributed by atoms with Crippen molar-refractivity contribution < 1.29 is 9.90 Å². The quantitative estimate of drug-likeness (QED) is 0.695. The van der Waals surface area contributed by atoms with Crippen molar-refractivity contribution >= 4 is 5.97 Å². The van der Waals surface area contributed by atoms with Crippen molar-refractivity contribution in [1.29, 1.82) is 0 Å². The molecule has 124 valence electrons. The van der Waals surface area contributed by atoms with Crippen LogP contribution in [0.2, 0.25) is 0 Å². The van der Waals surface area contributed by atoms with Gasteiger partial charge in [-0.15, -0.1) is 0 Å². The van der Waals surface area contributed by atoms with Crippen LogP contribution in [0.3, 0.4) is 0 Å². The summed E-state index contributed by atoms with van der Waals surface area (Å²) in [6, 6.07) is 0.505. The molecular weight excluding hydrogens is 262 g/mol. The number of carboxylic acids is 1. The molecule has 0 aromatic heterocycles. The molecular formula is C18H35NO2. The Morgan fingerprint density at radius 1 is 1.05 bits per heavy atom. The van der Waals surface area contributed by atoms with Crippen molar-refractivity contribution in [2.24, 2.45) is 16.7 Å². The van der Waals surface area contributed by atoms with Crippen LogP contribution in [0.5, 0.6) is 0 Å². The first kappa shape index (κ1) is 18.5. The molecule has 0 spiro atoms. The van der Waals surface area contributed by atoms with Crippen LogP contribution < -0.4 is 5.32 Å². The van der Waals surface area contributed by atoms with Crippen LogP contribution in [0.15, 0.2) is 0 Å². The Hall–Kier alpha value is -0.570. The Bertz CT molecular complexity index is 326. The van der Waals surface area contributed by atoms with Gasteiger partial charge in [0.15, 0.2) is 0 Å². The second kappa shape index (κ2) is 7.62. The zero-order valence-electron chi connectivity index (χ0n) is 14.7. The number of carboxylic acid groups (broad SMARTS) is 1. The van der Waals surface area contributed by atoms with E-state index < -0.39 is 11.4 Å². The van der Waals surface area contributed by atoms with E-state index in [0.717, 1.165) is 5.92 Å². The first-order valence-electron chi connectivity index (χ1n) is 8.78. The highest BCUT2D eigenvalue weighted by Gasteiger charge is 2.36. The highest BCUT2D eigenvalue weighted by molar-refractivity contribution is 5.74. The predicted molar refractivity (Wildman–Crippen MR) is 88.5 cm³/mol. The van der Waals surface area contributed by atoms with Gasteiger partial charge in [0.05, 0.1) is 5.41 Å². The van der Waals surface area contributed by atoms with E-state index in [-0.39, 0.29) is 0 Å². The highest BCUT2D eigenvalue weighted by atomic mass is 16.4. The fraction of sp³-hybridized carbons (Fsp3) is 0.944. The Balaban J connectivity index is 2.48. The van der Waals surface area contributed by atoms with Gasteiger partial charge in [0.25, 0.3) is 0 Å². The molecule has 0 aromatic rings. The maximum atomic E-state index is 11.5. The van der Waals surface area contributed by atoms with E-state index in [4.69, 9.17) is 0 Å². The lowest BCUT2D eigenvalue weighted by atomic mass is 9.69. The fourth-order valence-electron chi connectivity index (χ4n) is 3.59. The molecule has 0 amide bonds. The summed E-state index contributed by atoms with van der Waals surface area (Å²) in [7, 11) is 0. The minimum absolute atomic E-state index is 0.447. The van der Waals surface area contributed by atoms with E-state index in [0.29, 0.717) is 30.8 Å². The molecule has 0 radical (unpaired) electrons. The third-order valence-electron chi connectivity index (χ3n) is 6.28. The maximum Gasteiger partial charge on any atom is 0.310 e. The Labute approximate surface area is 130 Å². The second-order valence-electron chi connectivity index (χ2n) is 7.56. The van der Waals surface area contributed by atoms with Crippen LogP contribution in [0, 0.1) is 16.7 Å². The number of rotatable bonds is 8. The van der Waals surface area contributed by atoms with Gasteiger partial charge in [-0.3, -0.25) is 4.79 Å². The van der Waals surface area contributed by atoms with Gasteiger partial charge in [0, 0.05) is 12.6 Å². The number of carbonyl (C=O) groups is 1. The van der Waals surface area contributed by atoms with Gasteiger partial charge in [-0.1, -0.05) is 41.0 Å². The lowest BCUT2D eigenvalue weighted by Crippen LogP contribution is -2.45. The van der Waals surface area contributed by atoms with E-state index in [9.17, 15) is 9.90 Å². The standard InChI is InChI=1S/C18H35NO2/c1-6-17(4,5)14-9-11-15(12-10-14)19-13-18(7-2,8-3)16(20)21/h14-15,19H,6-13H2,1-5H3,(H,20,21). The van der Waals surface area contributed by atoms with Gasteiger partial charge in [-0.25, -0.2) is 0 Å². The van der Waals surface area contributed by atoms with Crippen LogP contribution in [-0.2, 0) is 4.79 Å². The fourth-order valence-corrected chi connectivity index (χ4v) is 3.59. The average Bonchev–Trinajstić information content (AvgIpc) is 2.49. The van der Waals surface area contributed by atoms with Crippen LogP contribution in [0.4, 0.5) is 0 Å². The van der Waals surface area contributed by atoms with E-state index in [2.05, 4.69) is 26.1 Å². The van der Waals surface area contributed by atoms with Crippen molar-refractivity contribution in [3.63, 3.8) is 0 Å². The molecule has 0 bridgehead atoms. The zero-order chi connectivity index (χ0) is 16.1. The third kappa shape index (κ3) is 4.45. The molecule has 0 unspecified atom stereocenters. The molecule has 0 aliphatic heterocycles. The lowest BCUT2D eigenvalue weighted by Gasteiger charge is -2.40. The molecule has 1 fully saturated rings.